The minimum Gasteiger partial charge on any atom is -0.450 e. The summed E-state index contributed by atoms with van der Waals surface area (Å²) in [5.41, 5.74) is 2.61. The van der Waals surface area contributed by atoms with Crippen LogP contribution in [0.4, 0.5) is 4.79 Å². The lowest BCUT2D eigenvalue weighted by Crippen LogP contribution is -2.49. The van der Waals surface area contributed by atoms with Gasteiger partial charge in [0, 0.05) is 25.7 Å². The molecule has 0 radical (unpaired) electrons. The Labute approximate surface area is 180 Å². The molecule has 0 aliphatic carbocycles. The molecule has 6 nitrogen and oxygen atoms in total. The van der Waals surface area contributed by atoms with Crippen molar-refractivity contribution >= 4 is 36.0 Å². The fraction of sp³-hybridized carbons (Fsp3) is 0.600. The van der Waals surface area contributed by atoms with E-state index in [9.17, 15) is 4.79 Å². The first-order chi connectivity index (χ1) is 12.7. The Morgan fingerprint density at radius 2 is 1.85 bits per heavy atom. The number of benzene rings is 1. The van der Waals surface area contributed by atoms with E-state index in [-0.39, 0.29) is 30.1 Å². The van der Waals surface area contributed by atoms with E-state index in [2.05, 4.69) is 48.7 Å². The molecular formula is C20H33IN4O2. The van der Waals surface area contributed by atoms with Gasteiger partial charge < -0.3 is 20.3 Å². The summed E-state index contributed by atoms with van der Waals surface area (Å²) in [7, 11) is 0. The van der Waals surface area contributed by atoms with Crippen molar-refractivity contribution in [2.45, 2.75) is 52.6 Å². The first-order valence-electron chi connectivity index (χ1n) is 9.71. The minimum atomic E-state index is -0.206. The highest BCUT2D eigenvalue weighted by molar-refractivity contribution is 14.0. The number of amides is 1. The second-order valence-electron chi connectivity index (χ2n) is 6.42. The molecule has 1 aromatic carbocycles. The zero-order valence-electron chi connectivity index (χ0n) is 16.7. The summed E-state index contributed by atoms with van der Waals surface area (Å²) in [6.45, 7) is 9.42. The summed E-state index contributed by atoms with van der Waals surface area (Å²) < 4.78 is 5.08. The van der Waals surface area contributed by atoms with E-state index in [1.54, 1.807) is 4.90 Å². The number of piperidine rings is 1. The molecule has 152 valence electrons. The van der Waals surface area contributed by atoms with Gasteiger partial charge in [-0.25, -0.2) is 9.79 Å². The molecule has 0 saturated carbocycles. The van der Waals surface area contributed by atoms with Gasteiger partial charge in [0.25, 0.3) is 0 Å². The van der Waals surface area contributed by atoms with Crippen LogP contribution in [-0.4, -0.2) is 49.2 Å². The van der Waals surface area contributed by atoms with Gasteiger partial charge >= 0.3 is 6.09 Å². The maximum absolute atomic E-state index is 11.8. The van der Waals surface area contributed by atoms with Gasteiger partial charge in [-0.05, 0) is 44.2 Å². The standard InChI is InChI=1S/C20H32N4O2.HI/c1-4-16-9-7-8-10-17(16)15-22-19(21-5-2)23-18-11-13-24(14-12-18)20(25)26-6-3;/h7-10,18H,4-6,11-15H2,1-3H3,(H2,21,22,23);1H. The van der Waals surface area contributed by atoms with Crippen molar-refractivity contribution in [1.29, 1.82) is 0 Å². The molecule has 1 saturated heterocycles. The predicted octanol–water partition coefficient (Wildman–Crippen LogP) is 3.54. The van der Waals surface area contributed by atoms with E-state index in [0.29, 0.717) is 32.3 Å². The Kier molecular flexibility index (Phi) is 11.2. The largest absolute Gasteiger partial charge is 0.450 e. The number of guanidine groups is 1. The van der Waals surface area contributed by atoms with E-state index in [1.807, 2.05) is 6.92 Å². The third kappa shape index (κ3) is 7.56. The van der Waals surface area contributed by atoms with Crippen LogP contribution in [0.5, 0.6) is 0 Å². The molecule has 1 heterocycles. The van der Waals surface area contributed by atoms with Crippen molar-refractivity contribution in [3.63, 3.8) is 0 Å². The van der Waals surface area contributed by atoms with Gasteiger partial charge in [-0.1, -0.05) is 31.2 Å². The van der Waals surface area contributed by atoms with Crippen molar-refractivity contribution in [3.05, 3.63) is 35.4 Å². The topological polar surface area (TPSA) is 66.0 Å². The molecule has 0 spiro atoms. The molecule has 1 amide bonds. The van der Waals surface area contributed by atoms with E-state index < -0.39 is 0 Å². The first kappa shape index (κ1) is 23.5. The third-order valence-corrected chi connectivity index (χ3v) is 4.61. The van der Waals surface area contributed by atoms with E-state index in [1.165, 1.54) is 11.1 Å². The van der Waals surface area contributed by atoms with Crippen molar-refractivity contribution in [2.24, 2.45) is 4.99 Å². The van der Waals surface area contributed by atoms with E-state index in [4.69, 9.17) is 9.73 Å². The van der Waals surface area contributed by atoms with E-state index >= 15 is 0 Å². The SMILES string of the molecule is CCNC(=NCc1ccccc1CC)NC1CCN(C(=O)OCC)CC1.I. The number of aryl methyl sites for hydroxylation is 1. The smallest absolute Gasteiger partial charge is 0.409 e. The number of aliphatic imine (C=N–C) groups is 1. The molecular weight excluding hydrogens is 455 g/mol. The predicted molar refractivity (Wildman–Crippen MR) is 121 cm³/mol. The van der Waals surface area contributed by atoms with Crippen molar-refractivity contribution < 1.29 is 9.53 Å². The van der Waals surface area contributed by atoms with Crippen LogP contribution in [0.3, 0.4) is 0 Å². The molecule has 0 unspecified atom stereocenters. The lowest BCUT2D eigenvalue weighted by Gasteiger charge is -2.32. The molecule has 0 aromatic heterocycles. The molecule has 0 bridgehead atoms. The Balaban J connectivity index is 0.00000364. The van der Waals surface area contributed by atoms with Gasteiger partial charge in [-0.2, -0.15) is 0 Å². The summed E-state index contributed by atoms with van der Waals surface area (Å²) in [6.07, 6.45) is 2.61. The van der Waals surface area contributed by atoms with Crippen LogP contribution in [0.25, 0.3) is 0 Å². The maximum Gasteiger partial charge on any atom is 0.409 e. The molecule has 1 aliphatic rings. The second kappa shape index (κ2) is 12.8. The zero-order valence-corrected chi connectivity index (χ0v) is 19.0. The van der Waals surface area contributed by atoms with Gasteiger partial charge in [0.05, 0.1) is 13.2 Å². The number of hydrogen-bond donors (Lipinski definition) is 2. The lowest BCUT2D eigenvalue weighted by atomic mass is 10.1. The molecule has 0 atom stereocenters. The van der Waals surface area contributed by atoms with Crippen LogP contribution in [0.15, 0.2) is 29.3 Å². The highest BCUT2D eigenvalue weighted by atomic mass is 127. The van der Waals surface area contributed by atoms with Crippen LogP contribution < -0.4 is 10.6 Å². The Hall–Kier alpha value is -1.51. The van der Waals surface area contributed by atoms with Crippen LogP contribution >= 0.6 is 24.0 Å². The van der Waals surface area contributed by atoms with Crippen LogP contribution in [0, 0.1) is 0 Å². The van der Waals surface area contributed by atoms with E-state index in [0.717, 1.165) is 31.8 Å². The summed E-state index contributed by atoms with van der Waals surface area (Å²) in [5.74, 6) is 0.841. The molecule has 2 rings (SSSR count). The molecule has 1 fully saturated rings. The van der Waals surface area contributed by atoms with Crippen LogP contribution in [0.2, 0.25) is 0 Å². The number of nitrogens with one attached hydrogen (secondary N) is 2. The van der Waals surface area contributed by atoms with Gasteiger partial charge in [-0.15, -0.1) is 24.0 Å². The Bertz CT molecular complexity index is 601. The number of nitrogens with zero attached hydrogens (tertiary/aromatic N) is 2. The zero-order chi connectivity index (χ0) is 18.8. The number of hydrogen-bond acceptors (Lipinski definition) is 3. The Morgan fingerprint density at radius 3 is 2.44 bits per heavy atom. The van der Waals surface area contributed by atoms with Gasteiger partial charge in [0.1, 0.15) is 0 Å². The molecule has 1 aromatic rings. The summed E-state index contributed by atoms with van der Waals surface area (Å²) >= 11 is 0. The average molecular weight is 488 g/mol. The second-order valence-corrected chi connectivity index (χ2v) is 6.42. The molecule has 7 heteroatoms. The molecule has 2 N–H and O–H groups in total. The summed E-state index contributed by atoms with van der Waals surface area (Å²) in [4.78, 5) is 18.3. The number of carbonyl (C=O) groups excluding carboxylic acids is 1. The average Bonchev–Trinajstić information content (AvgIpc) is 2.67. The fourth-order valence-corrected chi connectivity index (χ4v) is 3.16. The van der Waals surface area contributed by atoms with Gasteiger partial charge in [-0.3, -0.25) is 0 Å². The van der Waals surface area contributed by atoms with Gasteiger partial charge in [0.2, 0.25) is 0 Å². The van der Waals surface area contributed by atoms with Crippen molar-refractivity contribution in [2.75, 3.05) is 26.2 Å². The molecule has 27 heavy (non-hydrogen) atoms. The lowest BCUT2D eigenvalue weighted by molar-refractivity contribution is 0.0963. The number of ether oxygens (including phenoxy) is 1. The highest BCUT2D eigenvalue weighted by Gasteiger charge is 2.24. The van der Waals surface area contributed by atoms with Crippen LogP contribution in [0.1, 0.15) is 44.7 Å². The fourth-order valence-electron chi connectivity index (χ4n) is 3.16. The number of carbonyl (C=O) groups is 1. The van der Waals surface area contributed by atoms with Crippen molar-refractivity contribution in [1.82, 2.24) is 15.5 Å². The highest BCUT2D eigenvalue weighted by Crippen LogP contribution is 2.13. The van der Waals surface area contributed by atoms with Gasteiger partial charge in [0.15, 0.2) is 5.96 Å². The summed E-state index contributed by atoms with van der Waals surface area (Å²) in [5, 5.41) is 6.84. The monoisotopic (exact) mass is 488 g/mol. The third-order valence-electron chi connectivity index (χ3n) is 4.61. The number of halogens is 1. The maximum atomic E-state index is 11.8. The molecule has 1 aliphatic heterocycles. The number of rotatable bonds is 6. The van der Waals surface area contributed by atoms with Crippen molar-refractivity contribution in [3.8, 4) is 0 Å². The quantitative estimate of drug-likeness (QED) is 0.365. The normalized spacial score (nSPS) is 15.1. The Morgan fingerprint density at radius 1 is 1.19 bits per heavy atom. The summed E-state index contributed by atoms with van der Waals surface area (Å²) in [6, 6.07) is 8.77. The number of likely N-dealkylation sites (tertiary alicyclic amines) is 1. The minimum absolute atomic E-state index is 0. The first-order valence-corrected chi connectivity index (χ1v) is 9.71. The van der Waals surface area contributed by atoms with Crippen LogP contribution in [-0.2, 0) is 17.7 Å².